The summed E-state index contributed by atoms with van der Waals surface area (Å²) < 4.78 is 5.83. The van der Waals surface area contributed by atoms with Crippen molar-refractivity contribution in [3.8, 4) is 5.75 Å². The van der Waals surface area contributed by atoms with Gasteiger partial charge in [0.15, 0.2) is 0 Å². The molecule has 1 heterocycles. The third kappa shape index (κ3) is 2.64. The highest BCUT2D eigenvalue weighted by molar-refractivity contribution is 9.10. The number of ether oxygens (including phenoxy) is 1. The average Bonchev–Trinajstić information content (AvgIpc) is 2.37. The molecule has 1 fully saturated rings. The zero-order valence-electron chi connectivity index (χ0n) is 9.90. The van der Waals surface area contributed by atoms with E-state index in [-0.39, 0.29) is 18.4 Å². The summed E-state index contributed by atoms with van der Waals surface area (Å²) in [7, 11) is 1.57. The van der Waals surface area contributed by atoms with Crippen LogP contribution in [0.3, 0.4) is 0 Å². The first-order valence-corrected chi connectivity index (χ1v) is 6.30. The van der Waals surface area contributed by atoms with Gasteiger partial charge in [0.2, 0.25) is 5.91 Å². The summed E-state index contributed by atoms with van der Waals surface area (Å²) in [6, 6.07) is 5.12. The summed E-state index contributed by atoms with van der Waals surface area (Å²) in [5.74, 6) is 0.401. The minimum Gasteiger partial charge on any atom is -0.496 e. The molecule has 0 aromatic heterocycles. The first kappa shape index (κ1) is 12.9. The van der Waals surface area contributed by atoms with Crippen molar-refractivity contribution >= 4 is 27.7 Å². The standard InChI is InChI=1S/C12H13BrN2O3/c1-18-10-3-2-8(6-9(10)13)12(17)15-5-4-14-11(16)7-15/h2-3,6H,4-5,7H2,1H3,(H,14,16). The predicted octanol–water partition coefficient (Wildman–Crippen LogP) is 1.03. The van der Waals surface area contributed by atoms with Crippen LogP contribution in [0.15, 0.2) is 22.7 Å². The maximum absolute atomic E-state index is 12.2. The minimum absolute atomic E-state index is 0.114. The molecule has 0 spiro atoms. The molecule has 0 saturated carbocycles. The van der Waals surface area contributed by atoms with Crippen molar-refractivity contribution in [2.24, 2.45) is 0 Å². The van der Waals surface area contributed by atoms with Crippen LogP contribution in [0.2, 0.25) is 0 Å². The van der Waals surface area contributed by atoms with Gasteiger partial charge >= 0.3 is 0 Å². The van der Waals surface area contributed by atoms with E-state index in [2.05, 4.69) is 21.2 Å². The zero-order valence-corrected chi connectivity index (χ0v) is 11.5. The van der Waals surface area contributed by atoms with Gasteiger partial charge in [0.05, 0.1) is 18.1 Å². The summed E-state index contributed by atoms with van der Waals surface area (Å²) >= 11 is 3.34. The molecule has 18 heavy (non-hydrogen) atoms. The lowest BCUT2D eigenvalue weighted by atomic mass is 10.2. The smallest absolute Gasteiger partial charge is 0.254 e. The van der Waals surface area contributed by atoms with Gasteiger partial charge in [-0.25, -0.2) is 0 Å². The van der Waals surface area contributed by atoms with Gasteiger partial charge in [0.25, 0.3) is 5.91 Å². The van der Waals surface area contributed by atoms with Crippen LogP contribution in [-0.4, -0.2) is 43.5 Å². The number of hydrogen-bond acceptors (Lipinski definition) is 3. The highest BCUT2D eigenvalue weighted by atomic mass is 79.9. The van der Waals surface area contributed by atoms with Gasteiger partial charge in [0, 0.05) is 18.7 Å². The Morgan fingerprint density at radius 1 is 1.50 bits per heavy atom. The number of methoxy groups -OCH3 is 1. The Labute approximate surface area is 113 Å². The van der Waals surface area contributed by atoms with Crippen molar-refractivity contribution in [1.82, 2.24) is 10.2 Å². The third-order valence-electron chi connectivity index (χ3n) is 2.72. The molecule has 6 heteroatoms. The van der Waals surface area contributed by atoms with E-state index >= 15 is 0 Å². The molecule has 2 amide bonds. The molecule has 96 valence electrons. The first-order chi connectivity index (χ1) is 8.61. The van der Waals surface area contributed by atoms with Crippen LogP contribution in [0.25, 0.3) is 0 Å². The highest BCUT2D eigenvalue weighted by Gasteiger charge is 2.22. The van der Waals surface area contributed by atoms with E-state index in [1.807, 2.05) is 0 Å². The van der Waals surface area contributed by atoms with Crippen LogP contribution < -0.4 is 10.1 Å². The van der Waals surface area contributed by atoms with Crippen molar-refractivity contribution in [3.63, 3.8) is 0 Å². The molecule has 0 aliphatic carbocycles. The van der Waals surface area contributed by atoms with Crippen LogP contribution in [0, 0.1) is 0 Å². The van der Waals surface area contributed by atoms with Crippen LogP contribution in [0.4, 0.5) is 0 Å². The Kier molecular flexibility index (Phi) is 3.86. The van der Waals surface area contributed by atoms with Crippen molar-refractivity contribution < 1.29 is 14.3 Å². The second-order valence-corrected chi connectivity index (χ2v) is 4.78. The molecule has 2 rings (SSSR count). The van der Waals surface area contributed by atoms with E-state index in [9.17, 15) is 9.59 Å². The molecule has 0 atom stereocenters. The second kappa shape index (κ2) is 5.39. The zero-order chi connectivity index (χ0) is 13.1. The van der Waals surface area contributed by atoms with E-state index in [0.29, 0.717) is 24.4 Å². The van der Waals surface area contributed by atoms with Gasteiger partial charge in [-0.3, -0.25) is 9.59 Å². The predicted molar refractivity (Wildman–Crippen MR) is 69.6 cm³/mol. The van der Waals surface area contributed by atoms with E-state index in [4.69, 9.17) is 4.74 Å². The number of amides is 2. The lowest BCUT2D eigenvalue weighted by Gasteiger charge is -2.26. The van der Waals surface area contributed by atoms with E-state index < -0.39 is 0 Å². The first-order valence-electron chi connectivity index (χ1n) is 5.51. The molecular formula is C12H13BrN2O3. The van der Waals surface area contributed by atoms with Gasteiger partial charge in [-0.1, -0.05) is 0 Å². The molecular weight excluding hydrogens is 300 g/mol. The van der Waals surface area contributed by atoms with Gasteiger partial charge < -0.3 is 15.0 Å². The van der Waals surface area contributed by atoms with E-state index in [0.717, 1.165) is 4.47 Å². The molecule has 0 bridgehead atoms. The molecule has 0 unspecified atom stereocenters. The molecule has 0 radical (unpaired) electrons. The van der Waals surface area contributed by atoms with Crippen molar-refractivity contribution in [3.05, 3.63) is 28.2 Å². The maximum atomic E-state index is 12.2. The van der Waals surface area contributed by atoms with E-state index in [1.165, 1.54) is 4.90 Å². The number of benzene rings is 1. The summed E-state index contributed by atoms with van der Waals surface area (Å²) in [4.78, 5) is 25.0. The fourth-order valence-corrected chi connectivity index (χ4v) is 2.33. The molecule has 1 aliphatic heterocycles. The number of hydrogen-bond donors (Lipinski definition) is 1. The van der Waals surface area contributed by atoms with Crippen molar-refractivity contribution in [2.45, 2.75) is 0 Å². The lowest BCUT2D eigenvalue weighted by molar-refractivity contribution is -0.123. The van der Waals surface area contributed by atoms with Gasteiger partial charge in [-0.05, 0) is 34.1 Å². The van der Waals surface area contributed by atoms with Crippen LogP contribution in [0.5, 0.6) is 5.75 Å². The maximum Gasteiger partial charge on any atom is 0.254 e. The van der Waals surface area contributed by atoms with Gasteiger partial charge in [0.1, 0.15) is 5.75 Å². The Hall–Kier alpha value is -1.56. The fraction of sp³-hybridized carbons (Fsp3) is 0.333. The van der Waals surface area contributed by atoms with Gasteiger partial charge in [-0.2, -0.15) is 0 Å². The average molecular weight is 313 g/mol. The number of carbonyl (C=O) groups excluding carboxylic acids is 2. The number of piperazine rings is 1. The Morgan fingerprint density at radius 2 is 2.28 bits per heavy atom. The summed E-state index contributed by atoms with van der Waals surface area (Å²) in [6.07, 6.45) is 0. The van der Waals surface area contributed by atoms with Crippen LogP contribution in [-0.2, 0) is 4.79 Å². The molecule has 1 aliphatic rings. The summed E-state index contributed by atoms with van der Waals surface area (Å²) in [6.45, 7) is 1.15. The Balaban J connectivity index is 2.18. The minimum atomic E-state index is -0.145. The number of carbonyl (C=O) groups is 2. The fourth-order valence-electron chi connectivity index (χ4n) is 1.79. The number of nitrogens with zero attached hydrogens (tertiary/aromatic N) is 1. The number of rotatable bonds is 2. The number of halogens is 1. The molecule has 5 nitrogen and oxygen atoms in total. The SMILES string of the molecule is COc1ccc(C(=O)N2CCNC(=O)C2)cc1Br. The third-order valence-corrected chi connectivity index (χ3v) is 3.34. The largest absolute Gasteiger partial charge is 0.496 e. The van der Waals surface area contributed by atoms with Gasteiger partial charge in [-0.15, -0.1) is 0 Å². The van der Waals surface area contributed by atoms with Crippen LogP contribution >= 0.6 is 15.9 Å². The lowest BCUT2D eigenvalue weighted by Crippen LogP contribution is -2.49. The van der Waals surface area contributed by atoms with Crippen molar-refractivity contribution in [1.29, 1.82) is 0 Å². The molecule has 1 N–H and O–H groups in total. The quantitative estimate of drug-likeness (QED) is 0.887. The summed E-state index contributed by atoms with van der Waals surface area (Å²) in [5, 5.41) is 2.69. The monoisotopic (exact) mass is 312 g/mol. The summed E-state index contributed by atoms with van der Waals surface area (Å²) in [5.41, 5.74) is 0.539. The molecule has 1 aromatic rings. The Bertz CT molecular complexity index is 490. The molecule has 1 saturated heterocycles. The number of nitrogens with one attached hydrogen (secondary N) is 1. The van der Waals surface area contributed by atoms with E-state index in [1.54, 1.807) is 25.3 Å². The normalized spacial score (nSPS) is 15.2. The second-order valence-electron chi connectivity index (χ2n) is 3.93. The molecule has 1 aromatic carbocycles. The topological polar surface area (TPSA) is 58.6 Å². The van der Waals surface area contributed by atoms with Crippen molar-refractivity contribution in [2.75, 3.05) is 26.7 Å². The highest BCUT2D eigenvalue weighted by Crippen LogP contribution is 2.26. The Morgan fingerprint density at radius 3 is 2.89 bits per heavy atom. The van der Waals surface area contributed by atoms with Crippen LogP contribution in [0.1, 0.15) is 10.4 Å².